The lowest BCUT2D eigenvalue weighted by molar-refractivity contribution is 0.0636. The Morgan fingerprint density at radius 3 is 2.59 bits per heavy atom. The number of benzene rings is 2. The zero-order valence-electron chi connectivity index (χ0n) is 15.7. The minimum Gasteiger partial charge on any atom is -0.455 e. The van der Waals surface area contributed by atoms with Gasteiger partial charge < -0.3 is 9.32 Å². The fraction of sp³-hybridized carbons (Fsp3) is 0.304. The lowest BCUT2D eigenvalue weighted by Crippen LogP contribution is -2.42. The van der Waals surface area contributed by atoms with Crippen LogP contribution in [-0.4, -0.2) is 23.4 Å². The quantitative estimate of drug-likeness (QED) is 0.660. The standard InChI is InChI=1S/C23H23NO3/c1-15-9-6-7-14-24(15)23(26)19-13-8-12-18-20(25)16(2)21(27-22(18)19)17-10-4-3-5-11-17/h3-5,8,10-13,15H,6-7,9,14H2,1-2H3. The summed E-state index contributed by atoms with van der Waals surface area (Å²) in [6.45, 7) is 4.60. The van der Waals surface area contributed by atoms with Crippen molar-refractivity contribution < 1.29 is 9.21 Å². The molecule has 27 heavy (non-hydrogen) atoms. The van der Waals surface area contributed by atoms with Crippen LogP contribution >= 0.6 is 0 Å². The van der Waals surface area contributed by atoms with E-state index in [1.54, 1.807) is 25.1 Å². The summed E-state index contributed by atoms with van der Waals surface area (Å²) in [5.74, 6) is 0.471. The zero-order chi connectivity index (χ0) is 19.0. The number of likely N-dealkylation sites (tertiary alicyclic amines) is 1. The predicted molar refractivity (Wildman–Crippen MR) is 107 cm³/mol. The van der Waals surface area contributed by atoms with Gasteiger partial charge in [0.15, 0.2) is 11.0 Å². The molecular weight excluding hydrogens is 338 g/mol. The lowest BCUT2D eigenvalue weighted by Gasteiger charge is -2.33. The minimum absolute atomic E-state index is 0.0567. The first-order valence-corrected chi connectivity index (χ1v) is 9.50. The van der Waals surface area contributed by atoms with Gasteiger partial charge in [0.25, 0.3) is 5.91 Å². The van der Waals surface area contributed by atoms with Crippen LogP contribution in [0, 0.1) is 6.92 Å². The summed E-state index contributed by atoms with van der Waals surface area (Å²) in [4.78, 5) is 28.1. The molecule has 138 valence electrons. The highest BCUT2D eigenvalue weighted by atomic mass is 16.3. The van der Waals surface area contributed by atoms with Gasteiger partial charge in [-0.3, -0.25) is 9.59 Å². The molecule has 1 unspecified atom stereocenters. The molecule has 1 atom stereocenters. The number of para-hydroxylation sites is 1. The number of rotatable bonds is 2. The largest absolute Gasteiger partial charge is 0.455 e. The summed E-state index contributed by atoms with van der Waals surface area (Å²) in [6.07, 6.45) is 3.17. The molecule has 4 heteroatoms. The molecule has 4 nitrogen and oxygen atoms in total. The van der Waals surface area contributed by atoms with Crippen molar-refractivity contribution in [3.63, 3.8) is 0 Å². The first-order valence-electron chi connectivity index (χ1n) is 9.50. The Hall–Kier alpha value is -2.88. The Balaban J connectivity index is 1.91. The Morgan fingerprint density at radius 1 is 1.07 bits per heavy atom. The van der Waals surface area contributed by atoms with E-state index in [1.807, 2.05) is 35.2 Å². The van der Waals surface area contributed by atoms with Crippen molar-refractivity contribution in [1.82, 2.24) is 4.90 Å². The molecule has 4 rings (SSSR count). The van der Waals surface area contributed by atoms with E-state index in [2.05, 4.69) is 6.92 Å². The van der Waals surface area contributed by atoms with Crippen molar-refractivity contribution in [1.29, 1.82) is 0 Å². The summed E-state index contributed by atoms with van der Waals surface area (Å²) >= 11 is 0. The maximum absolute atomic E-state index is 13.2. The first kappa shape index (κ1) is 17.5. The Morgan fingerprint density at radius 2 is 1.85 bits per heavy atom. The van der Waals surface area contributed by atoms with E-state index in [9.17, 15) is 9.59 Å². The van der Waals surface area contributed by atoms with E-state index in [4.69, 9.17) is 4.42 Å². The van der Waals surface area contributed by atoms with Gasteiger partial charge in [0.1, 0.15) is 5.76 Å². The number of carbonyl (C=O) groups is 1. The van der Waals surface area contributed by atoms with Crippen molar-refractivity contribution >= 4 is 16.9 Å². The zero-order valence-corrected chi connectivity index (χ0v) is 15.7. The van der Waals surface area contributed by atoms with Crippen LogP contribution in [0.25, 0.3) is 22.3 Å². The smallest absolute Gasteiger partial charge is 0.257 e. The van der Waals surface area contributed by atoms with Crippen molar-refractivity contribution in [2.75, 3.05) is 6.54 Å². The maximum atomic E-state index is 13.2. The monoisotopic (exact) mass is 361 g/mol. The molecule has 0 bridgehead atoms. The molecule has 0 saturated carbocycles. The van der Waals surface area contributed by atoms with E-state index < -0.39 is 0 Å². The average Bonchev–Trinajstić information content (AvgIpc) is 2.71. The molecule has 3 aromatic rings. The highest BCUT2D eigenvalue weighted by molar-refractivity contribution is 6.05. The molecule has 1 aliphatic rings. The second-order valence-corrected chi connectivity index (χ2v) is 7.28. The third-order valence-corrected chi connectivity index (χ3v) is 5.48. The third kappa shape index (κ3) is 3.05. The van der Waals surface area contributed by atoms with E-state index in [-0.39, 0.29) is 17.4 Å². The summed E-state index contributed by atoms with van der Waals surface area (Å²) in [5.41, 5.74) is 2.16. The van der Waals surface area contributed by atoms with Crippen LogP contribution in [-0.2, 0) is 0 Å². The third-order valence-electron chi connectivity index (χ3n) is 5.48. The molecule has 0 spiro atoms. The van der Waals surface area contributed by atoms with Gasteiger partial charge in [0, 0.05) is 23.7 Å². The number of fused-ring (bicyclic) bond motifs is 1. The van der Waals surface area contributed by atoms with Crippen molar-refractivity contribution in [3.8, 4) is 11.3 Å². The van der Waals surface area contributed by atoms with Crippen LogP contribution in [0.2, 0.25) is 0 Å². The first-order chi connectivity index (χ1) is 13.1. The highest BCUT2D eigenvalue weighted by Gasteiger charge is 2.27. The second kappa shape index (κ2) is 7.03. The average molecular weight is 361 g/mol. The van der Waals surface area contributed by atoms with Gasteiger partial charge in [-0.05, 0) is 45.2 Å². The molecule has 0 N–H and O–H groups in total. The maximum Gasteiger partial charge on any atom is 0.257 e. The van der Waals surface area contributed by atoms with E-state index in [1.165, 1.54) is 0 Å². The summed E-state index contributed by atoms with van der Waals surface area (Å²) in [6, 6.07) is 15.0. The SMILES string of the molecule is Cc1c(-c2ccccc2)oc2c(C(=O)N3CCCCC3C)cccc2c1=O. The number of piperidine rings is 1. The van der Waals surface area contributed by atoms with Crippen LogP contribution in [0.15, 0.2) is 57.7 Å². The molecule has 2 heterocycles. The Bertz CT molecular complexity index is 1050. The fourth-order valence-corrected chi connectivity index (χ4v) is 3.90. The predicted octanol–water partition coefficient (Wildman–Crippen LogP) is 4.78. The topological polar surface area (TPSA) is 50.5 Å². The van der Waals surface area contributed by atoms with E-state index >= 15 is 0 Å². The molecule has 1 aliphatic heterocycles. The molecule has 2 aromatic carbocycles. The van der Waals surface area contributed by atoms with Gasteiger partial charge in [0.05, 0.1) is 10.9 Å². The minimum atomic E-state index is -0.0866. The summed E-state index contributed by atoms with van der Waals surface area (Å²) in [5, 5.41) is 0.461. The van der Waals surface area contributed by atoms with Crippen molar-refractivity contribution in [2.24, 2.45) is 0 Å². The Labute approximate surface area is 158 Å². The van der Waals surface area contributed by atoms with E-state index in [0.717, 1.165) is 31.4 Å². The normalized spacial score (nSPS) is 17.3. The van der Waals surface area contributed by atoms with Crippen molar-refractivity contribution in [2.45, 2.75) is 39.2 Å². The van der Waals surface area contributed by atoms with Gasteiger partial charge >= 0.3 is 0 Å². The highest BCUT2D eigenvalue weighted by Crippen LogP contribution is 2.29. The van der Waals surface area contributed by atoms with Crippen LogP contribution in [0.3, 0.4) is 0 Å². The van der Waals surface area contributed by atoms with Gasteiger partial charge in [0.2, 0.25) is 0 Å². The molecule has 1 amide bonds. The molecule has 1 saturated heterocycles. The number of carbonyl (C=O) groups excluding carboxylic acids is 1. The molecule has 0 radical (unpaired) electrons. The second-order valence-electron chi connectivity index (χ2n) is 7.28. The van der Waals surface area contributed by atoms with Gasteiger partial charge in [-0.25, -0.2) is 0 Å². The van der Waals surface area contributed by atoms with Crippen LogP contribution in [0.1, 0.15) is 42.1 Å². The molecule has 1 aromatic heterocycles. The Kier molecular flexibility index (Phi) is 4.56. The van der Waals surface area contributed by atoms with Crippen LogP contribution in [0.5, 0.6) is 0 Å². The van der Waals surface area contributed by atoms with Crippen LogP contribution in [0.4, 0.5) is 0 Å². The van der Waals surface area contributed by atoms with E-state index in [0.29, 0.717) is 27.9 Å². The van der Waals surface area contributed by atoms with Crippen LogP contribution < -0.4 is 5.43 Å². The van der Waals surface area contributed by atoms with Crippen molar-refractivity contribution in [3.05, 3.63) is 69.9 Å². The molecular formula is C23H23NO3. The summed E-state index contributed by atoms with van der Waals surface area (Å²) in [7, 11) is 0. The molecule has 0 aliphatic carbocycles. The van der Waals surface area contributed by atoms with Gasteiger partial charge in [-0.15, -0.1) is 0 Å². The van der Waals surface area contributed by atoms with Gasteiger partial charge in [-0.1, -0.05) is 36.4 Å². The van der Waals surface area contributed by atoms with Gasteiger partial charge in [-0.2, -0.15) is 0 Å². The molecule has 1 fully saturated rings. The number of nitrogens with zero attached hydrogens (tertiary/aromatic N) is 1. The summed E-state index contributed by atoms with van der Waals surface area (Å²) < 4.78 is 6.19. The lowest BCUT2D eigenvalue weighted by atomic mass is 10.0. The fourth-order valence-electron chi connectivity index (χ4n) is 3.90. The number of amides is 1. The number of hydrogen-bond acceptors (Lipinski definition) is 3. The number of hydrogen-bond donors (Lipinski definition) is 0.